The molecule has 244 valence electrons. The molecule has 0 bridgehead atoms. The molecule has 0 saturated carbocycles. The second-order valence-electron chi connectivity index (χ2n) is 13.2. The molecule has 12 heteroatoms. The van der Waals surface area contributed by atoms with Crippen molar-refractivity contribution in [2.24, 2.45) is 0 Å². The van der Waals surface area contributed by atoms with Crippen molar-refractivity contribution in [2.75, 3.05) is 75.2 Å². The Morgan fingerprint density at radius 1 is 1.13 bits per heavy atom. The Balaban J connectivity index is 1.40. The number of anilines is 4. The molecule has 0 aliphatic carbocycles. The number of piperazine rings is 1. The molecule has 1 saturated heterocycles. The van der Waals surface area contributed by atoms with Crippen molar-refractivity contribution in [3.63, 3.8) is 0 Å². The predicted molar refractivity (Wildman–Crippen MR) is 181 cm³/mol. The fourth-order valence-corrected chi connectivity index (χ4v) is 6.17. The standard InChI is InChI=1S/C34H42ClN7O4/c1-33(2,3)46-32(43)42-21-34(4,5)24-17-22(16-23(20-36)30(24)42)26-8-9-37-31(38-26)39-27-18-25(35)28(19-29(27)45-7)41-12-10-40(11-13-41)14-15-44-6/h8-9,16-19H,10-15,21H2,1-7H3,(H,37,38,39). The highest BCUT2D eigenvalue weighted by atomic mass is 35.5. The predicted octanol–water partition coefficient (Wildman–Crippen LogP) is 6.22. The number of nitrogens with one attached hydrogen (secondary N) is 1. The molecule has 46 heavy (non-hydrogen) atoms. The minimum Gasteiger partial charge on any atom is -0.494 e. The van der Waals surface area contributed by atoms with Gasteiger partial charge in [-0.15, -0.1) is 0 Å². The lowest BCUT2D eigenvalue weighted by Gasteiger charge is -2.36. The Morgan fingerprint density at radius 2 is 1.87 bits per heavy atom. The first-order valence-corrected chi connectivity index (χ1v) is 15.7. The van der Waals surface area contributed by atoms with Crippen molar-refractivity contribution < 1.29 is 19.0 Å². The number of nitriles is 1. The second-order valence-corrected chi connectivity index (χ2v) is 13.6. The van der Waals surface area contributed by atoms with Gasteiger partial charge in [0.1, 0.15) is 17.4 Å². The summed E-state index contributed by atoms with van der Waals surface area (Å²) in [6, 6.07) is 11.6. The molecule has 1 aromatic heterocycles. The highest BCUT2D eigenvalue weighted by molar-refractivity contribution is 6.33. The first-order chi connectivity index (χ1) is 21.8. The first kappa shape index (κ1) is 33.3. The van der Waals surface area contributed by atoms with Crippen molar-refractivity contribution in [2.45, 2.75) is 45.6 Å². The van der Waals surface area contributed by atoms with Crippen molar-refractivity contribution >= 4 is 40.7 Å². The van der Waals surface area contributed by atoms with Gasteiger partial charge in [-0.1, -0.05) is 25.4 Å². The first-order valence-electron chi connectivity index (χ1n) is 15.4. The average Bonchev–Trinajstić information content (AvgIpc) is 3.30. The van der Waals surface area contributed by atoms with Crippen LogP contribution in [0.4, 0.5) is 27.8 Å². The van der Waals surface area contributed by atoms with Gasteiger partial charge in [-0.3, -0.25) is 9.80 Å². The van der Waals surface area contributed by atoms with Gasteiger partial charge in [0.15, 0.2) is 0 Å². The maximum atomic E-state index is 13.1. The summed E-state index contributed by atoms with van der Waals surface area (Å²) >= 11 is 6.81. The third-order valence-corrected chi connectivity index (χ3v) is 8.49. The lowest BCUT2D eigenvalue weighted by molar-refractivity contribution is 0.0579. The van der Waals surface area contributed by atoms with Gasteiger partial charge < -0.3 is 24.4 Å². The number of ether oxygens (including phenoxy) is 3. The minimum absolute atomic E-state index is 0.347. The number of benzene rings is 2. The molecule has 5 rings (SSSR count). The molecule has 0 radical (unpaired) electrons. The van der Waals surface area contributed by atoms with Crippen LogP contribution in [-0.4, -0.2) is 86.7 Å². The molecule has 0 spiro atoms. The number of aromatic nitrogens is 2. The van der Waals surface area contributed by atoms with E-state index >= 15 is 0 Å². The number of halogens is 1. The highest BCUT2D eigenvalue weighted by Crippen LogP contribution is 2.45. The Bertz CT molecular complexity index is 1640. The number of rotatable bonds is 8. The molecule has 3 aromatic rings. The van der Waals surface area contributed by atoms with Crippen LogP contribution in [0.15, 0.2) is 36.5 Å². The molecule has 11 nitrogen and oxygen atoms in total. The summed E-state index contributed by atoms with van der Waals surface area (Å²) in [5.74, 6) is 0.962. The monoisotopic (exact) mass is 647 g/mol. The fourth-order valence-electron chi connectivity index (χ4n) is 5.89. The van der Waals surface area contributed by atoms with Gasteiger partial charge in [0.25, 0.3) is 0 Å². The summed E-state index contributed by atoms with van der Waals surface area (Å²) in [5, 5.41) is 14.0. The van der Waals surface area contributed by atoms with Crippen LogP contribution in [0, 0.1) is 11.3 Å². The van der Waals surface area contributed by atoms with E-state index in [0.29, 0.717) is 45.9 Å². The maximum Gasteiger partial charge on any atom is 0.414 e. The number of carbonyl (C=O) groups is 1. The smallest absolute Gasteiger partial charge is 0.414 e. The zero-order valence-corrected chi connectivity index (χ0v) is 28.4. The van der Waals surface area contributed by atoms with Gasteiger partial charge >= 0.3 is 6.09 Å². The number of hydrogen-bond acceptors (Lipinski definition) is 10. The summed E-state index contributed by atoms with van der Waals surface area (Å²) in [5.41, 5.74) is 3.67. The van der Waals surface area contributed by atoms with E-state index in [-0.39, 0.29) is 0 Å². The molecule has 2 aromatic carbocycles. The SMILES string of the molecule is COCCN1CCN(c2cc(OC)c(Nc3nccc(-c4cc(C#N)c5c(c4)C(C)(C)CN5C(=O)OC(C)(C)C)n3)cc2Cl)CC1. The summed E-state index contributed by atoms with van der Waals surface area (Å²) in [4.78, 5) is 28.6. The lowest BCUT2D eigenvalue weighted by Crippen LogP contribution is -2.47. The molecular weight excluding hydrogens is 606 g/mol. The van der Waals surface area contributed by atoms with E-state index in [0.717, 1.165) is 56.1 Å². The summed E-state index contributed by atoms with van der Waals surface area (Å²) in [7, 11) is 3.34. The molecular formula is C34H42ClN7O4. The zero-order valence-electron chi connectivity index (χ0n) is 27.6. The number of carbonyl (C=O) groups excluding carboxylic acids is 1. The van der Waals surface area contributed by atoms with Crippen LogP contribution >= 0.6 is 11.6 Å². The van der Waals surface area contributed by atoms with E-state index < -0.39 is 17.1 Å². The molecule has 1 N–H and O–H groups in total. The van der Waals surface area contributed by atoms with E-state index in [1.165, 1.54) is 0 Å². The van der Waals surface area contributed by atoms with Crippen LogP contribution in [0.3, 0.4) is 0 Å². The van der Waals surface area contributed by atoms with Gasteiger partial charge in [0.05, 0.1) is 47.1 Å². The van der Waals surface area contributed by atoms with Gasteiger partial charge in [0, 0.05) is 69.6 Å². The number of amides is 1. The van der Waals surface area contributed by atoms with Crippen LogP contribution < -0.4 is 19.9 Å². The zero-order chi connectivity index (χ0) is 33.2. The third kappa shape index (κ3) is 7.15. The number of methoxy groups -OCH3 is 2. The largest absolute Gasteiger partial charge is 0.494 e. The van der Waals surface area contributed by atoms with Gasteiger partial charge in [0.2, 0.25) is 5.95 Å². The van der Waals surface area contributed by atoms with Crippen LogP contribution in [0.1, 0.15) is 45.7 Å². The normalized spacial score (nSPS) is 16.2. The summed E-state index contributed by atoms with van der Waals surface area (Å²) < 4.78 is 16.6. The van der Waals surface area contributed by atoms with E-state index in [2.05, 4.69) is 40.0 Å². The topological polar surface area (TPSA) is 116 Å². The molecule has 1 fully saturated rings. The van der Waals surface area contributed by atoms with Crippen LogP contribution in [0.2, 0.25) is 5.02 Å². The molecule has 2 aliphatic rings. The van der Waals surface area contributed by atoms with Gasteiger partial charge in [-0.2, -0.15) is 5.26 Å². The van der Waals surface area contributed by atoms with Gasteiger partial charge in [-0.05, 0) is 50.6 Å². The Hall–Kier alpha value is -4.11. The Morgan fingerprint density at radius 3 is 2.52 bits per heavy atom. The molecule has 3 heterocycles. The quantitative estimate of drug-likeness (QED) is 0.302. The average molecular weight is 648 g/mol. The number of fused-ring (bicyclic) bond motifs is 1. The number of nitrogens with zero attached hydrogens (tertiary/aromatic N) is 6. The Labute approximate surface area is 276 Å². The fraction of sp³-hybridized carbons (Fsp3) is 0.471. The van der Waals surface area contributed by atoms with Gasteiger partial charge in [-0.25, -0.2) is 14.8 Å². The van der Waals surface area contributed by atoms with E-state index in [4.69, 9.17) is 30.8 Å². The van der Waals surface area contributed by atoms with Crippen molar-refractivity contribution in [1.82, 2.24) is 14.9 Å². The van der Waals surface area contributed by atoms with E-state index in [1.807, 2.05) is 39.0 Å². The summed E-state index contributed by atoms with van der Waals surface area (Å²) in [6.07, 6.45) is 1.19. The van der Waals surface area contributed by atoms with E-state index in [1.54, 1.807) is 37.4 Å². The summed E-state index contributed by atoms with van der Waals surface area (Å²) in [6.45, 7) is 15.2. The van der Waals surface area contributed by atoms with Crippen molar-refractivity contribution in [1.29, 1.82) is 5.26 Å². The molecule has 0 atom stereocenters. The van der Waals surface area contributed by atoms with Crippen molar-refractivity contribution in [3.8, 4) is 23.1 Å². The van der Waals surface area contributed by atoms with E-state index in [9.17, 15) is 10.1 Å². The number of hydrogen-bond donors (Lipinski definition) is 1. The molecule has 2 aliphatic heterocycles. The van der Waals surface area contributed by atoms with Crippen LogP contribution in [0.5, 0.6) is 5.75 Å². The van der Waals surface area contributed by atoms with Crippen molar-refractivity contribution in [3.05, 3.63) is 52.7 Å². The molecule has 0 unspecified atom stereocenters. The minimum atomic E-state index is -0.659. The second kappa shape index (κ2) is 13.3. The molecule has 1 amide bonds. The highest BCUT2D eigenvalue weighted by Gasteiger charge is 2.42. The third-order valence-electron chi connectivity index (χ3n) is 8.19. The Kier molecular flexibility index (Phi) is 9.63. The van der Waals surface area contributed by atoms with Crippen LogP contribution in [0.25, 0.3) is 11.3 Å². The lowest BCUT2D eigenvalue weighted by atomic mass is 9.85. The maximum absolute atomic E-state index is 13.1. The van der Waals surface area contributed by atoms with Crippen LogP contribution in [-0.2, 0) is 14.9 Å².